The van der Waals surface area contributed by atoms with Crippen molar-refractivity contribution >= 4 is 28.4 Å². The number of anilines is 2. The summed E-state index contributed by atoms with van der Waals surface area (Å²) in [6.45, 7) is 0.924. The second-order valence-corrected chi connectivity index (χ2v) is 5.43. The van der Waals surface area contributed by atoms with Crippen LogP contribution < -0.4 is 15.4 Å². The fourth-order valence-electron chi connectivity index (χ4n) is 2.73. The molecule has 0 saturated carbocycles. The second-order valence-electron chi connectivity index (χ2n) is 5.43. The molecule has 3 aromatic rings. The van der Waals surface area contributed by atoms with Gasteiger partial charge in [-0.3, -0.25) is 10.3 Å². The van der Waals surface area contributed by atoms with Crippen LogP contribution in [0.1, 0.15) is 5.56 Å². The lowest BCUT2D eigenvalue weighted by atomic mass is 10.1. The minimum Gasteiger partial charge on any atom is -0.410 e. The molecule has 0 aliphatic carbocycles. The highest BCUT2D eigenvalue weighted by Crippen LogP contribution is 2.26. The first-order valence-corrected chi connectivity index (χ1v) is 7.48. The van der Waals surface area contributed by atoms with Gasteiger partial charge in [0.1, 0.15) is 5.75 Å². The average Bonchev–Trinajstić information content (AvgIpc) is 3.02. The van der Waals surface area contributed by atoms with E-state index >= 15 is 0 Å². The third-order valence-corrected chi connectivity index (χ3v) is 3.83. The number of carbonyl (C=O) groups excluding carboxylic acids is 1. The average molecular weight is 305 g/mol. The van der Waals surface area contributed by atoms with Gasteiger partial charge in [0.25, 0.3) is 0 Å². The van der Waals surface area contributed by atoms with Gasteiger partial charge in [-0.05, 0) is 42.3 Å². The quantitative estimate of drug-likeness (QED) is 0.755. The van der Waals surface area contributed by atoms with Crippen molar-refractivity contribution < 1.29 is 9.53 Å². The van der Waals surface area contributed by atoms with E-state index in [-0.39, 0.29) is 0 Å². The lowest BCUT2D eigenvalue weighted by Crippen LogP contribution is -2.16. The molecule has 0 bridgehead atoms. The van der Waals surface area contributed by atoms with Gasteiger partial charge in [-0.25, -0.2) is 4.79 Å². The monoisotopic (exact) mass is 305 g/mol. The summed E-state index contributed by atoms with van der Waals surface area (Å²) >= 11 is 0. The van der Waals surface area contributed by atoms with Crippen molar-refractivity contribution in [2.75, 3.05) is 17.2 Å². The maximum Gasteiger partial charge on any atom is 0.417 e. The molecule has 0 spiro atoms. The predicted octanol–water partition coefficient (Wildman–Crippen LogP) is 3.81. The van der Waals surface area contributed by atoms with Crippen LogP contribution in [-0.4, -0.2) is 17.6 Å². The van der Waals surface area contributed by atoms with Crippen molar-refractivity contribution in [2.45, 2.75) is 6.42 Å². The van der Waals surface area contributed by atoms with E-state index in [2.05, 4.69) is 15.6 Å². The molecular formula is C18H15N3O2. The zero-order valence-corrected chi connectivity index (χ0v) is 12.4. The Bertz CT molecular complexity index is 892. The summed E-state index contributed by atoms with van der Waals surface area (Å²) < 4.78 is 5.35. The Morgan fingerprint density at radius 1 is 1.17 bits per heavy atom. The van der Waals surface area contributed by atoms with E-state index in [0.717, 1.165) is 29.6 Å². The predicted molar refractivity (Wildman–Crippen MR) is 90.0 cm³/mol. The maximum atomic E-state index is 12.0. The Balaban J connectivity index is 1.48. The summed E-state index contributed by atoms with van der Waals surface area (Å²) in [6.07, 6.45) is 2.05. The number of hydrogen-bond donors (Lipinski definition) is 2. The van der Waals surface area contributed by atoms with Gasteiger partial charge >= 0.3 is 6.09 Å². The van der Waals surface area contributed by atoms with Gasteiger partial charge < -0.3 is 10.1 Å². The Labute approximate surface area is 133 Å². The highest BCUT2D eigenvalue weighted by molar-refractivity contribution is 5.90. The number of nitrogens with one attached hydrogen (secondary N) is 2. The molecule has 1 aliphatic heterocycles. The SMILES string of the molecule is O=C(Nc1cnc2ccccc2c1)Oc1ccc2c(c1)CCN2. The van der Waals surface area contributed by atoms with Crippen molar-refractivity contribution in [1.82, 2.24) is 4.98 Å². The van der Waals surface area contributed by atoms with Crippen molar-refractivity contribution in [1.29, 1.82) is 0 Å². The highest BCUT2D eigenvalue weighted by atomic mass is 16.6. The van der Waals surface area contributed by atoms with Crippen LogP contribution in [0.3, 0.4) is 0 Å². The summed E-state index contributed by atoms with van der Waals surface area (Å²) in [5.74, 6) is 0.540. The Kier molecular flexibility index (Phi) is 3.31. The number of hydrogen-bond acceptors (Lipinski definition) is 4. The molecule has 114 valence electrons. The number of aromatic nitrogens is 1. The van der Waals surface area contributed by atoms with E-state index < -0.39 is 6.09 Å². The number of ether oxygens (including phenoxy) is 1. The Hall–Kier alpha value is -3.08. The van der Waals surface area contributed by atoms with Gasteiger partial charge in [-0.1, -0.05) is 18.2 Å². The van der Waals surface area contributed by atoms with E-state index in [1.807, 2.05) is 42.5 Å². The molecule has 0 atom stereocenters. The van der Waals surface area contributed by atoms with Gasteiger partial charge in [0.2, 0.25) is 0 Å². The molecule has 23 heavy (non-hydrogen) atoms. The third kappa shape index (κ3) is 2.81. The lowest BCUT2D eigenvalue weighted by molar-refractivity contribution is 0.215. The second kappa shape index (κ2) is 5.61. The van der Waals surface area contributed by atoms with Crippen molar-refractivity contribution in [3.8, 4) is 5.75 Å². The molecule has 0 radical (unpaired) electrons. The van der Waals surface area contributed by atoms with E-state index in [4.69, 9.17) is 4.74 Å². The number of para-hydroxylation sites is 1. The van der Waals surface area contributed by atoms with Crippen LogP contribution >= 0.6 is 0 Å². The van der Waals surface area contributed by atoms with Crippen molar-refractivity contribution in [3.05, 3.63) is 60.3 Å². The molecule has 2 heterocycles. The molecule has 0 saturated heterocycles. The molecule has 4 rings (SSSR count). The fourth-order valence-corrected chi connectivity index (χ4v) is 2.73. The topological polar surface area (TPSA) is 63.2 Å². The molecule has 0 fully saturated rings. The summed E-state index contributed by atoms with van der Waals surface area (Å²) in [5, 5.41) is 6.95. The van der Waals surface area contributed by atoms with Crippen LogP contribution in [0.25, 0.3) is 10.9 Å². The van der Waals surface area contributed by atoms with E-state index in [0.29, 0.717) is 11.4 Å². The number of amides is 1. The maximum absolute atomic E-state index is 12.0. The third-order valence-electron chi connectivity index (χ3n) is 3.83. The molecule has 2 N–H and O–H groups in total. The first-order valence-electron chi connectivity index (χ1n) is 7.48. The fraction of sp³-hybridized carbons (Fsp3) is 0.111. The van der Waals surface area contributed by atoms with E-state index in [9.17, 15) is 4.79 Å². The van der Waals surface area contributed by atoms with Crippen LogP contribution in [0.15, 0.2) is 54.7 Å². The van der Waals surface area contributed by atoms with Crippen LogP contribution in [0.5, 0.6) is 5.75 Å². The molecule has 1 amide bonds. The van der Waals surface area contributed by atoms with Gasteiger partial charge in [0.05, 0.1) is 17.4 Å². The number of rotatable bonds is 2. The zero-order chi connectivity index (χ0) is 15.6. The summed E-state index contributed by atoms with van der Waals surface area (Å²) in [5.41, 5.74) is 3.77. The minimum absolute atomic E-state index is 0.520. The summed E-state index contributed by atoms with van der Waals surface area (Å²) in [4.78, 5) is 16.4. The lowest BCUT2D eigenvalue weighted by Gasteiger charge is -2.08. The van der Waals surface area contributed by atoms with Crippen molar-refractivity contribution in [3.63, 3.8) is 0 Å². The van der Waals surface area contributed by atoms with E-state index in [1.165, 1.54) is 5.56 Å². The van der Waals surface area contributed by atoms with Crippen LogP contribution in [0, 0.1) is 0 Å². The molecular weight excluding hydrogens is 290 g/mol. The number of benzene rings is 2. The van der Waals surface area contributed by atoms with Gasteiger partial charge in [-0.15, -0.1) is 0 Å². The molecule has 1 aromatic heterocycles. The normalized spacial score (nSPS) is 12.5. The number of nitrogens with zero attached hydrogens (tertiary/aromatic N) is 1. The van der Waals surface area contributed by atoms with Gasteiger partial charge in [0.15, 0.2) is 0 Å². The first kappa shape index (κ1) is 13.6. The number of carbonyl (C=O) groups is 1. The van der Waals surface area contributed by atoms with E-state index in [1.54, 1.807) is 12.3 Å². The molecule has 1 aliphatic rings. The van der Waals surface area contributed by atoms with Crippen molar-refractivity contribution in [2.24, 2.45) is 0 Å². The Morgan fingerprint density at radius 2 is 2.09 bits per heavy atom. The van der Waals surface area contributed by atoms with Crippen LogP contribution in [0.2, 0.25) is 0 Å². The number of fused-ring (bicyclic) bond motifs is 2. The number of pyridine rings is 1. The highest BCUT2D eigenvalue weighted by Gasteiger charge is 2.12. The smallest absolute Gasteiger partial charge is 0.410 e. The molecule has 5 heteroatoms. The summed E-state index contributed by atoms with van der Waals surface area (Å²) in [6, 6.07) is 15.2. The zero-order valence-electron chi connectivity index (χ0n) is 12.4. The first-order chi connectivity index (χ1) is 11.3. The standard InChI is InChI=1S/C18H15N3O2/c22-18(23-15-5-6-17-13(10-15)7-8-19-17)21-14-9-12-3-1-2-4-16(12)20-11-14/h1-6,9-11,19H,7-8H2,(H,21,22). The van der Waals surface area contributed by atoms with Gasteiger partial charge in [0, 0.05) is 17.6 Å². The van der Waals surface area contributed by atoms with Crippen LogP contribution in [-0.2, 0) is 6.42 Å². The summed E-state index contributed by atoms with van der Waals surface area (Å²) in [7, 11) is 0. The molecule has 2 aromatic carbocycles. The largest absolute Gasteiger partial charge is 0.417 e. The van der Waals surface area contributed by atoms with Crippen LogP contribution in [0.4, 0.5) is 16.2 Å². The Morgan fingerprint density at radius 3 is 3.04 bits per heavy atom. The minimum atomic E-state index is -0.520. The molecule has 0 unspecified atom stereocenters. The van der Waals surface area contributed by atoms with Gasteiger partial charge in [-0.2, -0.15) is 0 Å². The molecule has 5 nitrogen and oxygen atoms in total.